The lowest BCUT2D eigenvalue weighted by molar-refractivity contribution is -0.119. The number of H-pyrrole nitrogens is 1. The van der Waals surface area contributed by atoms with E-state index >= 15 is 0 Å². The molecular formula is C16H21N3O2S2. The highest BCUT2D eigenvalue weighted by molar-refractivity contribution is 7.99. The van der Waals surface area contributed by atoms with E-state index in [1.807, 2.05) is 12.3 Å². The van der Waals surface area contributed by atoms with Gasteiger partial charge in [0.05, 0.1) is 11.1 Å². The Kier molecular flexibility index (Phi) is 5.06. The predicted molar refractivity (Wildman–Crippen MR) is 95.3 cm³/mol. The molecule has 7 heteroatoms. The molecule has 1 aliphatic rings. The second-order valence-corrected chi connectivity index (χ2v) is 8.02. The van der Waals surface area contributed by atoms with Crippen LogP contribution in [-0.2, 0) is 4.79 Å². The van der Waals surface area contributed by atoms with Crippen molar-refractivity contribution in [2.24, 2.45) is 5.92 Å². The number of nitrogens with one attached hydrogen (secondary N) is 2. The second-order valence-electron chi connectivity index (χ2n) is 6.19. The number of rotatable bonds is 4. The number of fused-ring (bicyclic) bond motifs is 1. The van der Waals surface area contributed by atoms with Crippen molar-refractivity contribution in [3.8, 4) is 0 Å². The molecule has 2 heterocycles. The Balaban J connectivity index is 1.61. The minimum atomic E-state index is -0.127. The zero-order valence-electron chi connectivity index (χ0n) is 13.3. The highest BCUT2D eigenvalue weighted by Gasteiger charge is 2.22. The molecule has 23 heavy (non-hydrogen) atoms. The predicted octanol–water partition coefficient (Wildman–Crippen LogP) is 3.08. The van der Waals surface area contributed by atoms with Crippen LogP contribution in [0.2, 0.25) is 0 Å². The Morgan fingerprint density at radius 1 is 1.48 bits per heavy atom. The number of aryl methyl sites for hydroxylation is 1. The topological polar surface area (TPSA) is 74.8 Å². The Labute approximate surface area is 143 Å². The van der Waals surface area contributed by atoms with Crippen molar-refractivity contribution in [2.75, 3.05) is 5.75 Å². The Morgan fingerprint density at radius 2 is 2.26 bits per heavy atom. The highest BCUT2D eigenvalue weighted by Crippen LogP contribution is 2.25. The van der Waals surface area contributed by atoms with Gasteiger partial charge in [0.1, 0.15) is 4.83 Å². The average Bonchev–Trinajstić information content (AvgIpc) is 2.89. The summed E-state index contributed by atoms with van der Waals surface area (Å²) in [4.78, 5) is 32.2. The fraction of sp³-hybridized carbons (Fsp3) is 0.562. The van der Waals surface area contributed by atoms with Gasteiger partial charge < -0.3 is 10.3 Å². The van der Waals surface area contributed by atoms with Crippen LogP contribution in [-0.4, -0.2) is 27.7 Å². The quantitative estimate of drug-likeness (QED) is 0.656. The minimum absolute atomic E-state index is 0.0128. The summed E-state index contributed by atoms with van der Waals surface area (Å²) in [5.41, 5.74) is 0.817. The third-order valence-electron chi connectivity index (χ3n) is 4.40. The van der Waals surface area contributed by atoms with Crippen LogP contribution in [0.5, 0.6) is 0 Å². The lowest BCUT2D eigenvalue weighted by Crippen LogP contribution is -2.41. The number of nitrogens with zero attached hydrogens (tertiary/aromatic N) is 1. The standard InChI is InChI=1S/C16H21N3O2S2/c1-9-5-3-4-6-11(9)17-12(20)8-23-16-18-14(21)13-10(2)7-22-15(13)19-16/h7,9,11H,3-6,8H2,1-2H3,(H,17,20)(H,18,19,21)/t9-,11+/m0/s1. The SMILES string of the molecule is Cc1csc2nc(SCC(=O)N[C@@H]3CCCC[C@@H]3C)[nH]c(=O)c12. The molecule has 2 N–H and O–H groups in total. The summed E-state index contributed by atoms with van der Waals surface area (Å²) in [5.74, 6) is 0.835. The highest BCUT2D eigenvalue weighted by atomic mass is 32.2. The molecule has 0 bridgehead atoms. The largest absolute Gasteiger partial charge is 0.352 e. The van der Waals surface area contributed by atoms with Crippen LogP contribution in [0.25, 0.3) is 10.2 Å². The van der Waals surface area contributed by atoms with Crippen molar-refractivity contribution < 1.29 is 4.79 Å². The van der Waals surface area contributed by atoms with Crippen molar-refractivity contribution in [3.63, 3.8) is 0 Å². The number of thioether (sulfide) groups is 1. The first-order chi connectivity index (χ1) is 11.0. The average molecular weight is 351 g/mol. The molecule has 1 fully saturated rings. The van der Waals surface area contributed by atoms with E-state index in [1.165, 1.54) is 42.4 Å². The van der Waals surface area contributed by atoms with E-state index in [2.05, 4.69) is 22.2 Å². The summed E-state index contributed by atoms with van der Waals surface area (Å²) in [7, 11) is 0. The first-order valence-corrected chi connectivity index (χ1v) is 9.81. The lowest BCUT2D eigenvalue weighted by Gasteiger charge is -2.29. The van der Waals surface area contributed by atoms with Crippen LogP contribution >= 0.6 is 23.1 Å². The van der Waals surface area contributed by atoms with Crippen LogP contribution in [0.15, 0.2) is 15.3 Å². The molecule has 5 nitrogen and oxygen atoms in total. The van der Waals surface area contributed by atoms with Crippen molar-refractivity contribution in [3.05, 3.63) is 21.3 Å². The second kappa shape index (κ2) is 7.05. The van der Waals surface area contributed by atoms with Crippen LogP contribution in [0.4, 0.5) is 0 Å². The van der Waals surface area contributed by atoms with Crippen LogP contribution in [0.3, 0.4) is 0 Å². The Hall–Kier alpha value is -1.34. The summed E-state index contributed by atoms with van der Waals surface area (Å²) in [5, 5.41) is 6.21. The number of thiophene rings is 1. The van der Waals surface area contributed by atoms with Gasteiger partial charge in [0, 0.05) is 6.04 Å². The summed E-state index contributed by atoms with van der Waals surface area (Å²) in [6.45, 7) is 4.10. The number of carbonyl (C=O) groups is 1. The van der Waals surface area contributed by atoms with Gasteiger partial charge in [-0.2, -0.15) is 0 Å². The van der Waals surface area contributed by atoms with Gasteiger partial charge in [-0.05, 0) is 36.6 Å². The van der Waals surface area contributed by atoms with Crippen molar-refractivity contribution >= 4 is 39.2 Å². The van der Waals surface area contributed by atoms with Crippen molar-refractivity contribution in [1.29, 1.82) is 0 Å². The molecule has 1 aliphatic carbocycles. The van der Waals surface area contributed by atoms with Gasteiger partial charge in [-0.3, -0.25) is 9.59 Å². The van der Waals surface area contributed by atoms with E-state index in [9.17, 15) is 9.59 Å². The number of carbonyl (C=O) groups excluding carboxylic acids is 1. The molecule has 1 amide bonds. The molecule has 3 rings (SSSR count). The maximum Gasteiger partial charge on any atom is 0.260 e. The molecule has 0 aliphatic heterocycles. The van der Waals surface area contributed by atoms with E-state index in [-0.39, 0.29) is 23.3 Å². The van der Waals surface area contributed by atoms with Crippen molar-refractivity contribution in [2.45, 2.75) is 50.7 Å². The van der Waals surface area contributed by atoms with E-state index < -0.39 is 0 Å². The molecule has 0 spiro atoms. The monoisotopic (exact) mass is 351 g/mol. The lowest BCUT2D eigenvalue weighted by atomic mass is 9.86. The smallest absolute Gasteiger partial charge is 0.260 e. The third-order valence-corrected chi connectivity index (χ3v) is 6.27. The van der Waals surface area contributed by atoms with Gasteiger partial charge in [-0.25, -0.2) is 4.98 Å². The Morgan fingerprint density at radius 3 is 3.04 bits per heavy atom. The van der Waals surface area contributed by atoms with Gasteiger partial charge in [0.2, 0.25) is 5.91 Å². The molecular weight excluding hydrogens is 330 g/mol. The van der Waals surface area contributed by atoms with Crippen molar-refractivity contribution in [1.82, 2.24) is 15.3 Å². The summed E-state index contributed by atoms with van der Waals surface area (Å²) in [6.07, 6.45) is 4.69. The number of hydrogen-bond donors (Lipinski definition) is 2. The number of aromatic nitrogens is 2. The van der Waals surface area contributed by atoms with Gasteiger partial charge in [-0.15, -0.1) is 11.3 Å². The third kappa shape index (κ3) is 3.77. The molecule has 0 saturated heterocycles. The van der Waals surface area contributed by atoms with Gasteiger partial charge in [0.25, 0.3) is 5.56 Å². The molecule has 2 aromatic heterocycles. The molecule has 0 aromatic carbocycles. The fourth-order valence-electron chi connectivity index (χ4n) is 3.05. The number of aromatic amines is 1. The summed E-state index contributed by atoms with van der Waals surface area (Å²) in [6, 6.07) is 0.284. The van der Waals surface area contributed by atoms with Gasteiger partial charge in [-0.1, -0.05) is 31.5 Å². The first-order valence-electron chi connectivity index (χ1n) is 7.95. The zero-order valence-corrected chi connectivity index (χ0v) is 15.0. The van der Waals surface area contributed by atoms with Gasteiger partial charge >= 0.3 is 0 Å². The molecule has 0 radical (unpaired) electrons. The molecule has 0 unspecified atom stereocenters. The van der Waals surface area contributed by atoms with Crippen LogP contribution in [0.1, 0.15) is 38.2 Å². The summed E-state index contributed by atoms with van der Waals surface area (Å²) >= 11 is 2.74. The fourth-order valence-corrected chi connectivity index (χ4v) is 4.70. The maximum absolute atomic E-state index is 12.1. The van der Waals surface area contributed by atoms with E-state index in [0.717, 1.165) is 16.8 Å². The Bertz CT molecular complexity index is 768. The molecule has 2 aromatic rings. The van der Waals surface area contributed by atoms with E-state index in [0.29, 0.717) is 16.5 Å². The minimum Gasteiger partial charge on any atom is -0.352 e. The molecule has 124 valence electrons. The van der Waals surface area contributed by atoms with Gasteiger partial charge in [0.15, 0.2) is 5.16 Å². The molecule has 1 saturated carbocycles. The van der Waals surface area contributed by atoms with Crippen LogP contribution < -0.4 is 10.9 Å². The number of amides is 1. The zero-order chi connectivity index (χ0) is 16.4. The summed E-state index contributed by atoms with van der Waals surface area (Å²) < 4.78 is 0. The van der Waals surface area contributed by atoms with E-state index in [4.69, 9.17) is 0 Å². The van der Waals surface area contributed by atoms with E-state index in [1.54, 1.807) is 0 Å². The maximum atomic E-state index is 12.1. The normalized spacial score (nSPS) is 21.5. The first kappa shape index (κ1) is 16.5. The molecule has 2 atom stereocenters. The number of hydrogen-bond acceptors (Lipinski definition) is 5. The van der Waals surface area contributed by atoms with Crippen LogP contribution in [0, 0.1) is 12.8 Å².